The van der Waals surface area contributed by atoms with Crippen LogP contribution in [-0.2, 0) is 4.74 Å². The zero-order chi connectivity index (χ0) is 19.7. The van der Waals surface area contributed by atoms with E-state index in [4.69, 9.17) is 16.3 Å². The Bertz CT molecular complexity index is 611. The third-order valence-electron chi connectivity index (χ3n) is 7.71. The minimum Gasteiger partial charge on any atom is -0.389 e. The van der Waals surface area contributed by atoms with Crippen LogP contribution in [0.5, 0.6) is 0 Å². The molecule has 4 saturated carbocycles. The maximum atomic E-state index is 10.5. The summed E-state index contributed by atoms with van der Waals surface area (Å²) < 4.78 is 5.91. The number of hydrogen-bond acceptors (Lipinski definition) is 3. The summed E-state index contributed by atoms with van der Waals surface area (Å²) in [5.41, 5.74) is 1.57. The SMILES string of the molecule is CCC(NCC(O)COC(C)c1ccc(Cl)cc1)C12CC3CC(CC(C3)C1)C2. The van der Waals surface area contributed by atoms with E-state index in [-0.39, 0.29) is 6.10 Å². The van der Waals surface area contributed by atoms with Gasteiger partial charge in [-0.05, 0) is 92.7 Å². The number of halogens is 1. The van der Waals surface area contributed by atoms with Gasteiger partial charge in [-0.15, -0.1) is 0 Å². The largest absolute Gasteiger partial charge is 0.389 e. The minimum atomic E-state index is -0.474. The molecule has 4 bridgehead atoms. The lowest BCUT2D eigenvalue weighted by molar-refractivity contribution is -0.0773. The van der Waals surface area contributed by atoms with Crippen LogP contribution in [0.2, 0.25) is 5.02 Å². The second kappa shape index (κ2) is 8.63. The Balaban J connectivity index is 1.26. The molecule has 4 fully saturated rings. The Hall–Kier alpha value is -0.610. The van der Waals surface area contributed by atoms with E-state index in [1.807, 2.05) is 31.2 Å². The van der Waals surface area contributed by atoms with Gasteiger partial charge in [-0.25, -0.2) is 0 Å². The molecule has 156 valence electrons. The third kappa shape index (κ3) is 4.43. The highest BCUT2D eigenvalue weighted by Gasteiger charge is 2.53. The van der Waals surface area contributed by atoms with Crippen LogP contribution < -0.4 is 5.32 Å². The Labute approximate surface area is 175 Å². The lowest BCUT2D eigenvalue weighted by Crippen LogP contribution is -2.56. The van der Waals surface area contributed by atoms with E-state index in [0.29, 0.717) is 24.6 Å². The normalized spacial score (nSPS) is 34.4. The van der Waals surface area contributed by atoms with Crippen LogP contribution in [0.4, 0.5) is 0 Å². The summed E-state index contributed by atoms with van der Waals surface area (Å²) >= 11 is 5.95. The van der Waals surface area contributed by atoms with Crippen molar-refractivity contribution in [1.29, 1.82) is 0 Å². The first-order chi connectivity index (χ1) is 13.5. The molecule has 4 aliphatic rings. The van der Waals surface area contributed by atoms with Crippen LogP contribution in [-0.4, -0.2) is 30.4 Å². The molecule has 5 rings (SSSR count). The fourth-order valence-electron chi connectivity index (χ4n) is 6.82. The third-order valence-corrected chi connectivity index (χ3v) is 7.96. The Kier molecular flexibility index (Phi) is 6.37. The molecule has 0 amide bonds. The molecule has 28 heavy (non-hydrogen) atoms. The molecule has 1 aromatic carbocycles. The van der Waals surface area contributed by atoms with E-state index in [1.54, 1.807) is 0 Å². The van der Waals surface area contributed by atoms with Gasteiger partial charge in [0.25, 0.3) is 0 Å². The zero-order valence-corrected chi connectivity index (χ0v) is 18.1. The fourth-order valence-corrected chi connectivity index (χ4v) is 6.95. The lowest BCUT2D eigenvalue weighted by atomic mass is 9.47. The summed E-state index contributed by atoms with van der Waals surface area (Å²) in [5, 5.41) is 15.0. The number of aliphatic hydroxyl groups is 1. The van der Waals surface area contributed by atoms with Gasteiger partial charge in [-0.1, -0.05) is 30.7 Å². The highest BCUT2D eigenvalue weighted by Crippen LogP contribution is 2.61. The molecular weight excluding hydrogens is 370 g/mol. The van der Waals surface area contributed by atoms with E-state index in [0.717, 1.165) is 34.8 Å². The summed E-state index contributed by atoms with van der Waals surface area (Å²) in [5.74, 6) is 2.90. The van der Waals surface area contributed by atoms with Gasteiger partial charge in [0.05, 0.1) is 18.8 Å². The monoisotopic (exact) mass is 405 g/mol. The maximum Gasteiger partial charge on any atom is 0.0898 e. The number of ether oxygens (including phenoxy) is 1. The van der Waals surface area contributed by atoms with Gasteiger partial charge in [-0.3, -0.25) is 0 Å². The van der Waals surface area contributed by atoms with Crippen molar-refractivity contribution in [3.05, 3.63) is 34.9 Å². The predicted octanol–water partition coefficient (Wildman–Crippen LogP) is 5.36. The first-order valence-corrected chi connectivity index (χ1v) is 11.6. The van der Waals surface area contributed by atoms with Crippen LogP contribution in [0.25, 0.3) is 0 Å². The second-order valence-electron chi connectivity index (χ2n) is 9.83. The molecule has 2 N–H and O–H groups in total. The van der Waals surface area contributed by atoms with Gasteiger partial charge >= 0.3 is 0 Å². The van der Waals surface area contributed by atoms with Gasteiger partial charge in [0, 0.05) is 17.6 Å². The molecule has 0 heterocycles. The topological polar surface area (TPSA) is 41.5 Å². The van der Waals surface area contributed by atoms with Crippen molar-refractivity contribution in [3.63, 3.8) is 0 Å². The zero-order valence-electron chi connectivity index (χ0n) is 17.4. The molecule has 0 saturated heterocycles. The molecular formula is C24H36ClNO2. The van der Waals surface area contributed by atoms with Crippen LogP contribution in [0.1, 0.15) is 70.5 Å². The van der Waals surface area contributed by atoms with Crippen molar-refractivity contribution in [2.45, 2.75) is 77.0 Å². The summed E-state index contributed by atoms with van der Waals surface area (Å²) in [6, 6.07) is 8.26. The molecule has 4 aliphatic carbocycles. The quantitative estimate of drug-likeness (QED) is 0.580. The number of hydrogen-bond donors (Lipinski definition) is 2. The predicted molar refractivity (Wildman–Crippen MR) is 115 cm³/mol. The number of rotatable bonds is 9. The summed E-state index contributed by atoms with van der Waals surface area (Å²) in [4.78, 5) is 0. The van der Waals surface area contributed by atoms with Crippen molar-refractivity contribution in [2.24, 2.45) is 23.2 Å². The lowest BCUT2D eigenvalue weighted by Gasteiger charge is -2.59. The first-order valence-electron chi connectivity index (χ1n) is 11.3. The van der Waals surface area contributed by atoms with Crippen LogP contribution >= 0.6 is 11.6 Å². The fraction of sp³-hybridized carbons (Fsp3) is 0.750. The molecule has 3 nitrogen and oxygen atoms in total. The summed E-state index contributed by atoms with van der Waals surface area (Å²) in [6.07, 6.45) is 9.30. The van der Waals surface area contributed by atoms with Gasteiger partial charge in [-0.2, -0.15) is 0 Å². The van der Waals surface area contributed by atoms with E-state index < -0.39 is 6.10 Å². The average molecular weight is 406 g/mol. The number of benzene rings is 1. The van der Waals surface area contributed by atoms with E-state index >= 15 is 0 Å². The van der Waals surface area contributed by atoms with Crippen LogP contribution in [0.15, 0.2) is 24.3 Å². The molecule has 0 aromatic heterocycles. The Morgan fingerprint density at radius 3 is 2.21 bits per heavy atom. The van der Waals surface area contributed by atoms with Gasteiger partial charge in [0.15, 0.2) is 0 Å². The van der Waals surface area contributed by atoms with E-state index in [2.05, 4.69) is 12.2 Å². The van der Waals surface area contributed by atoms with Crippen molar-refractivity contribution in [2.75, 3.05) is 13.2 Å². The highest BCUT2D eigenvalue weighted by molar-refractivity contribution is 6.30. The van der Waals surface area contributed by atoms with Gasteiger partial charge in [0.2, 0.25) is 0 Å². The van der Waals surface area contributed by atoms with E-state index in [1.165, 1.54) is 38.5 Å². The van der Waals surface area contributed by atoms with Crippen molar-refractivity contribution < 1.29 is 9.84 Å². The molecule has 3 unspecified atom stereocenters. The second-order valence-corrected chi connectivity index (χ2v) is 10.3. The van der Waals surface area contributed by atoms with Crippen LogP contribution in [0, 0.1) is 23.2 Å². The smallest absolute Gasteiger partial charge is 0.0898 e. The molecule has 0 spiro atoms. The van der Waals surface area contributed by atoms with Crippen molar-refractivity contribution in [3.8, 4) is 0 Å². The molecule has 4 heteroatoms. The van der Waals surface area contributed by atoms with Crippen LogP contribution in [0.3, 0.4) is 0 Å². The number of aliphatic hydroxyl groups excluding tert-OH is 1. The summed E-state index contributed by atoms with van der Waals surface area (Å²) in [7, 11) is 0. The Morgan fingerprint density at radius 1 is 1.11 bits per heavy atom. The highest BCUT2D eigenvalue weighted by atomic mass is 35.5. The molecule has 0 aliphatic heterocycles. The summed E-state index contributed by atoms with van der Waals surface area (Å²) in [6.45, 7) is 5.30. The number of nitrogens with one attached hydrogen (secondary N) is 1. The molecule has 3 atom stereocenters. The Morgan fingerprint density at radius 2 is 1.68 bits per heavy atom. The van der Waals surface area contributed by atoms with E-state index in [9.17, 15) is 5.11 Å². The van der Waals surface area contributed by atoms with Crippen molar-refractivity contribution >= 4 is 11.6 Å². The molecule has 1 aromatic rings. The standard InChI is InChI=1S/C24H36ClNO2/c1-3-23(24-11-17-8-18(12-24)10-19(9-17)13-24)26-14-22(27)15-28-16(2)20-4-6-21(25)7-5-20/h4-7,16-19,22-23,26-27H,3,8-15H2,1-2H3. The average Bonchev–Trinajstić information content (AvgIpc) is 2.66. The maximum absolute atomic E-state index is 10.5. The van der Waals surface area contributed by atoms with Gasteiger partial charge in [0.1, 0.15) is 0 Å². The first kappa shape index (κ1) is 20.7. The van der Waals surface area contributed by atoms with Gasteiger partial charge < -0.3 is 15.2 Å². The van der Waals surface area contributed by atoms with Crippen molar-refractivity contribution in [1.82, 2.24) is 5.32 Å². The minimum absolute atomic E-state index is 0.0444. The molecule has 0 radical (unpaired) electrons.